The van der Waals surface area contributed by atoms with Gasteiger partial charge in [0.2, 0.25) is 0 Å². The number of ether oxygens (including phenoxy) is 1. The highest BCUT2D eigenvalue weighted by molar-refractivity contribution is 5.95. The Balaban J connectivity index is 2.11. The maximum absolute atomic E-state index is 8.50. The zero-order valence-electron chi connectivity index (χ0n) is 8.26. The van der Waals surface area contributed by atoms with Crippen LogP contribution in [0.2, 0.25) is 0 Å². The van der Waals surface area contributed by atoms with Gasteiger partial charge in [-0.15, -0.1) is 0 Å². The van der Waals surface area contributed by atoms with Crippen LogP contribution in [-0.4, -0.2) is 22.1 Å². The lowest BCUT2D eigenvalue weighted by Gasteiger charge is -2.26. The highest BCUT2D eigenvalue weighted by Crippen LogP contribution is 2.24. The number of pyridine rings is 1. The molecule has 1 fully saturated rings. The van der Waals surface area contributed by atoms with E-state index < -0.39 is 0 Å². The monoisotopic (exact) mass is 207 g/mol. The Bertz CT molecular complexity index is 375. The Kier molecular flexibility index (Phi) is 2.71. The normalized spacial score (nSPS) is 17.2. The quantitative estimate of drug-likeness (QED) is 0.336. The summed E-state index contributed by atoms with van der Waals surface area (Å²) in [4.78, 5) is 3.97. The van der Waals surface area contributed by atoms with Crippen LogP contribution in [0.25, 0.3) is 0 Å². The minimum absolute atomic E-state index is 0.00550. The zero-order valence-corrected chi connectivity index (χ0v) is 8.26. The molecule has 0 amide bonds. The summed E-state index contributed by atoms with van der Waals surface area (Å²) >= 11 is 0. The first-order valence-corrected chi connectivity index (χ1v) is 4.90. The summed E-state index contributed by atoms with van der Waals surface area (Å²) < 4.78 is 5.65. The second kappa shape index (κ2) is 4.16. The minimum Gasteiger partial charge on any atom is -0.490 e. The van der Waals surface area contributed by atoms with Crippen molar-refractivity contribution in [3.8, 4) is 5.75 Å². The molecule has 1 aliphatic rings. The Hall–Kier alpha value is -1.78. The molecule has 0 atom stereocenters. The molecule has 1 heterocycles. The molecule has 0 aliphatic heterocycles. The first-order chi connectivity index (χ1) is 7.29. The molecule has 3 N–H and O–H groups in total. The lowest BCUT2D eigenvalue weighted by Crippen LogP contribution is -2.24. The lowest BCUT2D eigenvalue weighted by atomic mass is 9.96. The number of amidine groups is 1. The van der Waals surface area contributed by atoms with Crippen molar-refractivity contribution in [1.29, 1.82) is 0 Å². The van der Waals surface area contributed by atoms with E-state index in [4.69, 9.17) is 15.7 Å². The van der Waals surface area contributed by atoms with Gasteiger partial charge in [0.1, 0.15) is 11.4 Å². The molecule has 0 aromatic carbocycles. The van der Waals surface area contributed by atoms with Crippen molar-refractivity contribution >= 4 is 5.84 Å². The van der Waals surface area contributed by atoms with Gasteiger partial charge >= 0.3 is 0 Å². The molecular formula is C10H13N3O2. The molecule has 2 rings (SSSR count). The minimum atomic E-state index is -0.00550. The van der Waals surface area contributed by atoms with Gasteiger partial charge in [0.05, 0.1) is 6.10 Å². The molecular weight excluding hydrogens is 194 g/mol. The van der Waals surface area contributed by atoms with Gasteiger partial charge in [0.15, 0.2) is 5.84 Å². The Morgan fingerprint density at radius 3 is 3.00 bits per heavy atom. The molecule has 80 valence electrons. The van der Waals surface area contributed by atoms with Crippen LogP contribution in [0.5, 0.6) is 5.75 Å². The van der Waals surface area contributed by atoms with Crippen LogP contribution in [0.3, 0.4) is 0 Å². The van der Waals surface area contributed by atoms with Gasteiger partial charge in [0, 0.05) is 12.3 Å². The molecule has 1 aromatic heterocycles. The average Bonchev–Trinajstić information content (AvgIpc) is 2.23. The molecule has 0 saturated heterocycles. The lowest BCUT2D eigenvalue weighted by molar-refractivity contribution is 0.120. The third kappa shape index (κ3) is 2.18. The fraction of sp³-hybridized carbons (Fsp3) is 0.400. The molecule has 1 saturated carbocycles. The standard InChI is InChI=1S/C10H13N3O2/c11-10(13-14)9-6-8(4-5-12-9)15-7-2-1-3-7/h4-7,14H,1-3H2,(H2,11,13). The number of rotatable bonds is 3. The summed E-state index contributed by atoms with van der Waals surface area (Å²) in [6, 6.07) is 3.44. The molecule has 1 aliphatic carbocycles. The van der Waals surface area contributed by atoms with E-state index in [0.717, 1.165) is 18.6 Å². The maximum Gasteiger partial charge on any atom is 0.188 e. The van der Waals surface area contributed by atoms with E-state index in [2.05, 4.69) is 10.1 Å². The van der Waals surface area contributed by atoms with Crippen LogP contribution in [-0.2, 0) is 0 Å². The van der Waals surface area contributed by atoms with E-state index >= 15 is 0 Å². The number of hydrogen-bond acceptors (Lipinski definition) is 4. The van der Waals surface area contributed by atoms with Crippen LogP contribution in [0.15, 0.2) is 23.5 Å². The molecule has 0 radical (unpaired) electrons. The summed E-state index contributed by atoms with van der Waals surface area (Å²) in [5, 5.41) is 11.4. The molecule has 0 bridgehead atoms. The maximum atomic E-state index is 8.50. The molecule has 1 aromatic rings. The third-order valence-electron chi connectivity index (χ3n) is 2.46. The predicted octanol–water partition coefficient (Wildman–Crippen LogP) is 1.11. The van der Waals surface area contributed by atoms with Gasteiger partial charge < -0.3 is 15.7 Å². The Labute approximate surface area is 87.6 Å². The number of nitrogens with two attached hydrogens (primary N) is 1. The SMILES string of the molecule is NC(=NO)c1cc(OC2CCC2)ccn1. The van der Waals surface area contributed by atoms with E-state index in [1.807, 2.05) is 0 Å². The Morgan fingerprint density at radius 1 is 1.60 bits per heavy atom. The number of oxime groups is 1. The van der Waals surface area contributed by atoms with Crippen molar-refractivity contribution in [3.05, 3.63) is 24.0 Å². The topological polar surface area (TPSA) is 80.7 Å². The van der Waals surface area contributed by atoms with Crippen LogP contribution >= 0.6 is 0 Å². The van der Waals surface area contributed by atoms with Gasteiger partial charge in [-0.3, -0.25) is 4.98 Å². The summed E-state index contributed by atoms with van der Waals surface area (Å²) in [7, 11) is 0. The predicted molar refractivity (Wildman–Crippen MR) is 55.0 cm³/mol. The summed E-state index contributed by atoms with van der Waals surface area (Å²) in [5.74, 6) is 0.713. The van der Waals surface area contributed by atoms with E-state index in [-0.39, 0.29) is 5.84 Å². The van der Waals surface area contributed by atoms with Crippen molar-refractivity contribution in [2.24, 2.45) is 10.9 Å². The van der Waals surface area contributed by atoms with Crippen LogP contribution in [0, 0.1) is 0 Å². The largest absolute Gasteiger partial charge is 0.490 e. The first kappa shape index (κ1) is 9.76. The van der Waals surface area contributed by atoms with E-state index in [9.17, 15) is 0 Å². The van der Waals surface area contributed by atoms with Crippen molar-refractivity contribution in [3.63, 3.8) is 0 Å². The van der Waals surface area contributed by atoms with Gasteiger partial charge in [-0.05, 0) is 25.3 Å². The van der Waals surface area contributed by atoms with E-state index in [1.54, 1.807) is 18.3 Å². The molecule has 5 heteroatoms. The fourth-order valence-electron chi connectivity index (χ4n) is 1.36. The van der Waals surface area contributed by atoms with E-state index in [0.29, 0.717) is 11.8 Å². The van der Waals surface area contributed by atoms with Crippen LogP contribution in [0.4, 0.5) is 0 Å². The van der Waals surface area contributed by atoms with Gasteiger partial charge in [0.25, 0.3) is 0 Å². The second-order valence-electron chi connectivity index (χ2n) is 3.53. The zero-order chi connectivity index (χ0) is 10.7. The summed E-state index contributed by atoms with van der Waals surface area (Å²) in [6.07, 6.45) is 5.32. The third-order valence-corrected chi connectivity index (χ3v) is 2.46. The second-order valence-corrected chi connectivity index (χ2v) is 3.53. The van der Waals surface area contributed by atoms with Crippen LogP contribution in [0.1, 0.15) is 25.0 Å². The number of nitrogens with zero attached hydrogens (tertiary/aromatic N) is 2. The van der Waals surface area contributed by atoms with Gasteiger partial charge in [-0.25, -0.2) is 0 Å². The Morgan fingerprint density at radius 2 is 2.40 bits per heavy atom. The molecule has 15 heavy (non-hydrogen) atoms. The summed E-state index contributed by atoms with van der Waals surface area (Å²) in [5.41, 5.74) is 5.85. The molecule has 0 spiro atoms. The average molecular weight is 207 g/mol. The molecule has 5 nitrogen and oxygen atoms in total. The smallest absolute Gasteiger partial charge is 0.188 e. The number of aromatic nitrogens is 1. The van der Waals surface area contributed by atoms with Crippen LogP contribution < -0.4 is 10.5 Å². The molecule has 0 unspecified atom stereocenters. The highest BCUT2D eigenvalue weighted by Gasteiger charge is 2.19. The van der Waals surface area contributed by atoms with Crippen molar-refractivity contribution < 1.29 is 9.94 Å². The van der Waals surface area contributed by atoms with Crippen molar-refractivity contribution in [1.82, 2.24) is 4.98 Å². The van der Waals surface area contributed by atoms with E-state index in [1.165, 1.54) is 6.42 Å². The van der Waals surface area contributed by atoms with Crippen molar-refractivity contribution in [2.45, 2.75) is 25.4 Å². The number of hydrogen-bond donors (Lipinski definition) is 2. The van der Waals surface area contributed by atoms with Gasteiger partial charge in [-0.2, -0.15) is 0 Å². The summed E-state index contributed by atoms with van der Waals surface area (Å²) in [6.45, 7) is 0. The van der Waals surface area contributed by atoms with Crippen molar-refractivity contribution in [2.75, 3.05) is 0 Å². The fourth-order valence-corrected chi connectivity index (χ4v) is 1.36. The first-order valence-electron chi connectivity index (χ1n) is 4.90. The van der Waals surface area contributed by atoms with Gasteiger partial charge in [-0.1, -0.05) is 5.16 Å². The highest BCUT2D eigenvalue weighted by atomic mass is 16.5.